The van der Waals surface area contributed by atoms with E-state index in [2.05, 4.69) is 34.1 Å². The standard InChI is InChI=1S/C26H33ClFN3O2/c1-26(2,3)33-25(32)30-17-7-8-24(30)31(21-13-14-23(28)22(27)18-21)20-11-9-19(10-12-20)29-15-5-4-6-16-29/h9-14,18,24H,4-8,15-17H2,1-3H3. The minimum atomic E-state index is -0.579. The van der Waals surface area contributed by atoms with Crippen molar-refractivity contribution < 1.29 is 13.9 Å². The van der Waals surface area contributed by atoms with E-state index >= 15 is 0 Å². The maximum atomic E-state index is 14.0. The van der Waals surface area contributed by atoms with Gasteiger partial charge in [-0.2, -0.15) is 0 Å². The molecular weight excluding hydrogens is 441 g/mol. The van der Waals surface area contributed by atoms with Gasteiger partial charge in [0.05, 0.1) is 5.02 Å². The predicted molar refractivity (Wildman–Crippen MR) is 132 cm³/mol. The summed E-state index contributed by atoms with van der Waals surface area (Å²) in [6, 6.07) is 13.1. The maximum Gasteiger partial charge on any atom is 0.411 e. The Morgan fingerprint density at radius 3 is 2.30 bits per heavy atom. The average molecular weight is 474 g/mol. The Bertz CT molecular complexity index is 970. The summed E-state index contributed by atoms with van der Waals surface area (Å²) >= 11 is 6.15. The first-order valence-electron chi connectivity index (χ1n) is 11.8. The van der Waals surface area contributed by atoms with Crippen molar-refractivity contribution >= 4 is 34.8 Å². The second kappa shape index (κ2) is 9.80. The van der Waals surface area contributed by atoms with Gasteiger partial charge in [0.25, 0.3) is 0 Å². The second-order valence-electron chi connectivity index (χ2n) is 9.83. The molecule has 0 bridgehead atoms. The number of amides is 1. The molecule has 2 aromatic rings. The van der Waals surface area contributed by atoms with Crippen LogP contribution in [0.4, 0.5) is 26.2 Å². The first-order chi connectivity index (χ1) is 15.7. The summed E-state index contributed by atoms with van der Waals surface area (Å²) < 4.78 is 19.6. The van der Waals surface area contributed by atoms with Crippen LogP contribution in [0.5, 0.6) is 0 Å². The van der Waals surface area contributed by atoms with Crippen LogP contribution in [0.15, 0.2) is 42.5 Å². The molecule has 0 saturated carbocycles. The third-order valence-electron chi connectivity index (χ3n) is 6.18. The minimum Gasteiger partial charge on any atom is -0.444 e. The molecule has 1 atom stereocenters. The zero-order valence-electron chi connectivity index (χ0n) is 19.7. The van der Waals surface area contributed by atoms with Crippen molar-refractivity contribution in [3.8, 4) is 0 Å². The van der Waals surface area contributed by atoms with Crippen molar-refractivity contribution in [1.29, 1.82) is 0 Å². The molecule has 5 nitrogen and oxygen atoms in total. The average Bonchev–Trinajstić information content (AvgIpc) is 3.26. The van der Waals surface area contributed by atoms with Crippen molar-refractivity contribution in [2.24, 2.45) is 0 Å². The van der Waals surface area contributed by atoms with E-state index < -0.39 is 11.4 Å². The van der Waals surface area contributed by atoms with Gasteiger partial charge < -0.3 is 14.5 Å². The highest BCUT2D eigenvalue weighted by molar-refractivity contribution is 6.31. The Labute approximate surface area is 201 Å². The molecule has 178 valence electrons. The zero-order chi connectivity index (χ0) is 23.6. The molecule has 7 heteroatoms. The van der Waals surface area contributed by atoms with Gasteiger partial charge in [0.1, 0.15) is 17.6 Å². The van der Waals surface area contributed by atoms with Crippen LogP contribution in [0.2, 0.25) is 5.02 Å². The Hall–Kier alpha value is -2.47. The molecule has 1 amide bonds. The lowest BCUT2D eigenvalue weighted by atomic mass is 10.1. The zero-order valence-corrected chi connectivity index (χ0v) is 20.4. The molecule has 2 fully saturated rings. The second-order valence-corrected chi connectivity index (χ2v) is 10.2. The van der Waals surface area contributed by atoms with Crippen LogP contribution < -0.4 is 9.80 Å². The SMILES string of the molecule is CC(C)(C)OC(=O)N1CCCC1N(c1ccc(N2CCCCC2)cc1)c1ccc(F)c(Cl)c1. The molecule has 2 saturated heterocycles. The Balaban J connectivity index is 1.68. The Morgan fingerprint density at radius 2 is 1.67 bits per heavy atom. The summed E-state index contributed by atoms with van der Waals surface area (Å²) in [5.41, 5.74) is 2.29. The number of ether oxygens (including phenoxy) is 1. The molecule has 0 spiro atoms. The first kappa shape index (κ1) is 23.7. The largest absolute Gasteiger partial charge is 0.444 e. The van der Waals surface area contributed by atoms with Gasteiger partial charge in [0.2, 0.25) is 0 Å². The number of hydrogen-bond donors (Lipinski definition) is 0. The number of anilines is 3. The molecule has 0 aromatic heterocycles. The van der Waals surface area contributed by atoms with Crippen LogP contribution in [0.1, 0.15) is 52.9 Å². The van der Waals surface area contributed by atoms with Gasteiger partial charge in [-0.3, -0.25) is 4.90 Å². The van der Waals surface area contributed by atoms with Gasteiger partial charge >= 0.3 is 6.09 Å². The number of carbonyl (C=O) groups is 1. The molecule has 2 heterocycles. The van der Waals surface area contributed by atoms with E-state index in [9.17, 15) is 9.18 Å². The molecule has 2 aliphatic heterocycles. The molecule has 1 unspecified atom stereocenters. The lowest BCUT2D eigenvalue weighted by Gasteiger charge is -2.38. The molecule has 0 N–H and O–H groups in total. The fourth-order valence-electron chi connectivity index (χ4n) is 4.66. The molecule has 0 radical (unpaired) electrons. The molecule has 0 aliphatic carbocycles. The number of halogens is 2. The van der Waals surface area contributed by atoms with Crippen LogP contribution >= 0.6 is 11.6 Å². The van der Waals surface area contributed by atoms with Crippen LogP contribution in [-0.4, -0.2) is 42.4 Å². The molecule has 2 aliphatic rings. The highest BCUT2D eigenvalue weighted by atomic mass is 35.5. The highest BCUT2D eigenvalue weighted by Crippen LogP contribution is 2.37. The Kier molecular flexibility index (Phi) is 7.03. The minimum absolute atomic E-state index is 0.0595. The third kappa shape index (κ3) is 5.55. The van der Waals surface area contributed by atoms with E-state index in [0.29, 0.717) is 6.54 Å². The summed E-state index contributed by atoms with van der Waals surface area (Å²) in [5.74, 6) is -0.462. The van der Waals surface area contributed by atoms with Crippen LogP contribution in [0.25, 0.3) is 0 Å². The summed E-state index contributed by atoms with van der Waals surface area (Å²) in [6.45, 7) is 8.36. The van der Waals surface area contributed by atoms with E-state index in [1.54, 1.807) is 17.0 Å². The monoisotopic (exact) mass is 473 g/mol. The number of likely N-dealkylation sites (tertiary alicyclic amines) is 1. The number of benzene rings is 2. The van der Waals surface area contributed by atoms with E-state index in [1.165, 1.54) is 31.0 Å². The van der Waals surface area contributed by atoms with Crippen molar-refractivity contribution in [1.82, 2.24) is 4.90 Å². The molecule has 33 heavy (non-hydrogen) atoms. The number of hydrogen-bond acceptors (Lipinski definition) is 4. The van der Waals surface area contributed by atoms with E-state index in [1.807, 2.05) is 20.8 Å². The van der Waals surface area contributed by atoms with Gasteiger partial charge in [0.15, 0.2) is 0 Å². The van der Waals surface area contributed by atoms with Crippen molar-refractivity contribution in [3.63, 3.8) is 0 Å². The van der Waals surface area contributed by atoms with E-state index in [0.717, 1.165) is 37.3 Å². The molecular formula is C26H33ClFN3O2. The molecule has 2 aromatic carbocycles. The van der Waals surface area contributed by atoms with Crippen molar-refractivity contribution in [2.75, 3.05) is 29.4 Å². The van der Waals surface area contributed by atoms with E-state index in [-0.39, 0.29) is 17.3 Å². The van der Waals surface area contributed by atoms with Gasteiger partial charge in [0, 0.05) is 36.7 Å². The fraction of sp³-hybridized carbons (Fsp3) is 0.500. The van der Waals surface area contributed by atoms with Crippen molar-refractivity contribution in [3.05, 3.63) is 53.3 Å². The van der Waals surface area contributed by atoms with Gasteiger partial charge in [-0.1, -0.05) is 11.6 Å². The maximum absolute atomic E-state index is 14.0. The highest BCUT2D eigenvalue weighted by Gasteiger charge is 2.37. The molecule has 4 rings (SSSR count). The van der Waals surface area contributed by atoms with Gasteiger partial charge in [-0.05, 0) is 95.3 Å². The number of rotatable bonds is 4. The van der Waals surface area contributed by atoms with Crippen molar-refractivity contribution in [2.45, 2.75) is 64.6 Å². The first-order valence-corrected chi connectivity index (χ1v) is 12.2. The van der Waals surface area contributed by atoms with Gasteiger partial charge in [-0.15, -0.1) is 0 Å². The van der Waals surface area contributed by atoms with Gasteiger partial charge in [-0.25, -0.2) is 9.18 Å². The number of nitrogens with zero attached hydrogens (tertiary/aromatic N) is 3. The lowest BCUT2D eigenvalue weighted by Crippen LogP contribution is -2.47. The van der Waals surface area contributed by atoms with Crippen LogP contribution in [0, 0.1) is 5.82 Å². The van der Waals surface area contributed by atoms with Crippen LogP contribution in [-0.2, 0) is 4.74 Å². The Morgan fingerprint density at radius 1 is 1.00 bits per heavy atom. The number of piperidine rings is 1. The smallest absolute Gasteiger partial charge is 0.411 e. The normalized spacial score (nSPS) is 19.0. The predicted octanol–water partition coefficient (Wildman–Crippen LogP) is 6.96. The summed E-state index contributed by atoms with van der Waals surface area (Å²) in [7, 11) is 0. The quantitative estimate of drug-likeness (QED) is 0.480. The summed E-state index contributed by atoms with van der Waals surface area (Å²) in [6.07, 6.45) is 4.78. The summed E-state index contributed by atoms with van der Waals surface area (Å²) in [4.78, 5) is 19.3. The lowest BCUT2D eigenvalue weighted by molar-refractivity contribution is 0.0231. The fourth-order valence-corrected chi connectivity index (χ4v) is 4.83. The topological polar surface area (TPSA) is 36.0 Å². The number of carbonyl (C=O) groups excluding carboxylic acids is 1. The third-order valence-corrected chi connectivity index (χ3v) is 6.47. The van der Waals surface area contributed by atoms with E-state index in [4.69, 9.17) is 16.3 Å². The summed E-state index contributed by atoms with van der Waals surface area (Å²) in [5, 5.41) is 0.0595. The van der Waals surface area contributed by atoms with Crippen LogP contribution in [0.3, 0.4) is 0 Å².